The van der Waals surface area contributed by atoms with Gasteiger partial charge in [0.05, 0.1) is 6.20 Å². The number of aryl methyl sites for hydroxylation is 1. The number of guanidine groups is 1. The van der Waals surface area contributed by atoms with Crippen molar-refractivity contribution in [3.05, 3.63) is 18.0 Å². The molecule has 32 heavy (non-hydrogen) atoms. The molecule has 1 N–H and O–H groups in total. The van der Waals surface area contributed by atoms with E-state index in [0.717, 1.165) is 77.6 Å². The van der Waals surface area contributed by atoms with Crippen LogP contribution in [-0.2, 0) is 18.3 Å². The largest absolute Gasteiger partial charge is 0.355 e. The molecule has 1 aromatic heterocycles. The summed E-state index contributed by atoms with van der Waals surface area (Å²) in [5.74, 6) is 2.39. The number of amides is 1. The molecule has 3 aliphatic rings. The van der Waals surface area contributed by atoms with Gasteiger partial charge in [-0.3, -0.25) is 19.4 Å². The SMILES string of the molecule is CN=C(NCCN1CCN(C(=O)C2CCCC2)CC1)N1CCC(Cc2cnn(C)c2)C1.I. The zero-order valence-electron chi connectivity index (χ0n) is 19.7. The van der Waals surface area contributed by atoms with Gasteiger partial charge in [0.15, 0.2) is 5.96 Å². The van der Waals surface area contributed by atoms with Crippen LogP contribution in [0, 0.1) is 11.8 Å². The Morgan fingerprint density at radius 3 is 2.53 bits per heavy atom. The van der Waals surface area contributed by atoms with Gasteiger partial charge in [0.25, 0.3) is 0 Å². The van der Waals surface area contributed by atoms with Crippen LogP contribution in [-0.4, -0.2) is 95.8 Å². The summed E-state index contributed by atoms with van der Waals surface area (Å²) in [5.41, 5.74) is 1.32. The van der Waals surface area contributed by atoms with E-state index >= 15 is 0 Å². The third-order valence-electron chi connectivity index (χ3n) is 7.18. The number of halogens is 1. The van der Waals surface area contributed by atoms with E-state index in [2.05, 4.69) is 36.3 Å². The van der Waals surface area contributed by atoms with Crippen LogP contribution in [0.2, 0.25) is 0 Å². The molecule has 1 saturated carbocycles. The van der Waals surface area contributed by atoms with Gasteiger partial charge < -0.3 is 15.1 Å². The molecule has 1 aliphatic carbocycles. The Hall–Kier alpha value is -1.36. The van der Waals surface area contributed by atoms with Crippen LogP contribution in [0.15, 0.2) is 17.4 Å². The van der Waals surface area contributed by atoms with Gasteiger partial charge in [-0.25, -0.2) is 0 Å². The molecule has 3 heterocycles. The Kier molecular flexibility index (Phi) is 9.63. The third-order valence-corrected chi connectivity index (χ3v) is 7.18. The number of likely N-dealkylation sites (tertiary alicyclic amines) is 1. The number of nitrogens with zero attached hydrogens (tertiary/aromatic N) is 6. The maximum Gasteiger partial charge on any atom is 0.225 e. The average Bonchev–Trinajstić information content (AvgIpc) is 3.54. The van der Waals surface area contributed by atoms with Gasteiger partial charge in [-0.05, 0) is 37.2 Å². The monoisotopic (exact) mass is 557 g/mol. The zero-order valence-corrected chi connectivity index (χ0v) is 22.0. The summed E-state index contributed by atoms with van der Waals surface area (Å²) in [6.45, 7) is 7.73. The predicted octanol–water partition coefficient (Wildman–Crippen LogP) is 1.81. The lowest BCUT2D eigenvalue weighted by atomic mass is 10.0. The smallest absolute Gasteiger partial charge is 0.225 e. The predicted molar refractivity (Wildman–Crippen MR) is 138 cm³/mol. The first-order valence-electron chi connectivity index (χ1n) is 12.1. The summed E-state index contributed by atoms with van der Waals surface area (Å²) < 4.78 is 1.88. The van der Waals surface area contributed by atoms with Crippen molar-refractivity contribution < 1.29 is 4.79 Å². The van der Waals surface area contributed by atoms with Crippen LogP contribution in [0.4, 0.5) is 0 Å². The standard InChI is InChI=1S/C23H39N7O.HI/c1-24-23(30-9-7-19(18-30)15-20-16-26-27(2)17-20)25-8-10-28-11-13-29(14-12-28)22(31)21-5-3-4-6-21;/h16-17,19,21H,3-15,18H2,1-2H3,(H,24,25);1H. The number of nitrogens with one attached hydrogen (secondary N) is 1. The van der Waals surface area contributed by atoms with E-state index in [1.165, 1.54) is 24.8 Å². The highest BCUT2D eigenvalue weighted by molar-refractivity contribution is 14.0. The highest BCUT2D eigenvalue weighted by Crippen LogP contribution is 2.27. The second-order valence-corrected chi connectivity index (χ2v) is 9.45. The van der Waals surface area contributed by atoms with Gasteiger partial charge in [0, 0.05) is 78.6 Å². The molecule has 1 aromatic rings. The van der Waals surface area contributed by atoms with Crippen molar-refractivity contribution in [2.45, 2.75) is 38.5 Å². The minimum absolute atomic E-state index is 0. The van der Waals surface area contributed by atoms with Crippen LogP contribution >= 0.6 is 24.0 Å². The van der Waals surface area contributed by atoms with Gasteiger partial charge in [-0.2, -0.15) is 5.10 Å². The van der Waals surface area contributed by atoms with E-state index in [9.17, 15) is 4.79 Å². The molecular weight excluding hydrogens is 517 g/mol. The van der Waals surface area contributed by atoms with Crippen molar-refractivity contribution in [2.75, 3.05) is 59.4 Å². The summed E-state index contributed by atoms with van der Waals surface area (Å²) in [7, 11) is 3.85. The van der Waals surface area contributed by atoms with Crippen LogP contribution in [0.1, 0.15) is 37.7 Å². The topological polar surface area (TPSA) is 69.0 Å². The number of hydrogen-bond donors (Lipinski definition) is 1. The molecule has 0 spiro atoms. The molecule has 4 rings (SSSR count). The van der Waals surface area contributed by atoms with Crippen molar-refractivity contribution in [1.82, 2.24) is 29.8 Å². The van der Waals surface area contributed by atoms with Crippen LogP contribution in [0.5, 0.6) is 0 Å². The van der Waals surface area contributed by atoms with Crippen LogP contribution in [0.25, 0.3) is 0 Å². The molecule has 0 aromatic carbocycles. The number of hydrogen-bond acceptors (Lipinski definition) is 4. The fourth-order valence-corrected chi connectivity index (χ4v) is 5.38. The highest BCUT2D eigenvalue weighted by Gasteiger charge is 2.29. The molecule has 0 bridgehead atoms. The summed E-state index contributed by atoms with van der Waals surface area (Å²) in [5, 5.41) is 7.85. The van der Waals surface area contributed by atoms with E-state index in [1.807, 2.05) is 25.0 Å². The van der Waals surface area contributed by atoms with Gasteiger partial charge >= 0.3 is 0 Å². The second-order valence-electron chi connectivity index (χ2n) is 9.45. The van der Waals surface area contributed by atoms with Crippen molar-refractivity contribution >= 4 is 35.8 Å². The number of carbonyl (C=O) groups is 1. The molecule has 0 radical (unpaired) electrons. The van der Waals surface area contributed by atoms with Crippen LogP contribution < -0.4 is 5.32 Å². The van der Waals surface area contributed by atoms with Gasteiger partial charge in [-0.15, -0.1) is 24.0 Å². The number of piperazine rings is 1. The molecule has 2 aliphatic heterocycles. The minimum Gasteiger partial charge on any atom is -0.355 e. The van der Waals surface area contributed by atoms with E-state index in [-0.39, 0.29) is 24.0 Å². The maximum atomic E-state index is 12.6. The van der Waals surface area contributed by atoms with Crippen molar-refractivity contribution in [3.63, 3.8) is 0 Å². The van der Waals surface area contributed by atoms with Gasteiger partial charge in [-0.1, -0.05) is 12.8 Å². The average molecular weight is 558 g/mol. The van der Waals surface area contributed by atoms with E-state index in [0.29, 0.717) is 17.7 Å². The number of rotatable bonds is 6. The molecule has 8 nitrogen and oxygen atoms in total. The van der Waals surface area contributed by atoms with E-state index in [1.54, 1.807) is 0 Å². The fourth-order valence-electron chi connectivity index (χ4n) is 5.38. The van der Waals surface area contributed by atoms with E-state index < -0.39 is 0 Å². The molecule has 1 unspecified atom stereocenters. The van der Waals surface area contributed by atoms with Crippen molar-refractivity contribution in [2.24, 2.45) is 23.9 Å². The first-order chi connectivity index (χ1) is 15.1. The van der Waals surface area contributed by atoms with Crippen molar-refractivity contribution in [1.29, 1.82) is 0 Å². The summed E-state index contributed by atoms with van der Waals surface area (Å²) in [6, 6.07) is 0. The summed E-state index contributed by atoms with van der Waals surface area (Å²) in [6.07, 6.45) is 11.0. The summed E-state index contributed by atoms with van der Waals surface area (Å²) >= 11 is 0. The minimum atomic E-state index is 0. The molecule has 9 heteroatoms. The van der Waals surface area contributed by atoms with Crippen LogP contribution in [0.3, 0.4) is 0 Å². The third kappa shape index (κ3) is 6.59. The van der Waals surface area contributed by atoms with Crippen molar-refractivity contribution in [3.8, 4) is 0 Å². The first kappa shape index (κ1) is 25.3. The summed E-state index contributed by atoms with van der Waals surface area (Å²) in [4.78, 5) is 24.1. The quantitative estimate of drug-likeness (QED) is 0.329. The lowest BCUT2D eigenvalue weighted by Gasteiger charge is -2.36. The zero-order chi connectivity index (χ0) is 21.6. The normalized spacial score (nSPS) is 22.9. The molecule has 2 saturated heterocycles. The Morgan fingerprint density at radius 2 is 1.88 bits per heavy atom. The molecular formula is C23H40IN7O. The lowest BCUT2D eigenvalue weighted by Crippen LogP contribution is -2.52. The lowest BCUT2D eigenvalue weighted by molar-refractivity contribution is -0.137. The fraction of sp³-hybridized carbons (Fsp3) is 0.783. The Morgan fingerprint density at radius 1 is 1.12 bits per heavy atom. The highest BCUT2D eigenvalue weighted by atomic mass is 127. The number of aromatic nitrogens is 2. The molecule has 1 amide bonds. The van der Waals surface area contributed by atoms with Gasteiger partial charge in [0.2, 0.25) is 5.91 Å². The Bertz CT molecular complexity index is 753. The van der Waals surface area contributed by atoms with E-state index in [4.69, 9.17) is 0 Å². The Balaban J connectivity index is 0.00000289. The molecule has 180 valence electrons. The Labute approximate surface area is 209 Å². The van der Waals surface area contributed by atoms with Gasteiger partial charge in [0.1, 0.15) is 0 Å². The second kappa shape index (κ2) is 12.2. The maximum absolute atomic E-state index is 12.6. The molecule has 1 atom stereocenters. The molecule has 3 fully saturated rings. The first-order valence-corrected chi connectivity index (χ1v) is 12.1. The number of aliphatic imine (C=N–C) groups is 1. The number of carbonyl (C=O) groups excluding carboxylic acids is 1.